The summed E-state index contributed by atoms with van der Waals surface area (Å²) in [5.74, 6) is 0.269. The van der Waals surface area contributed by atoms with Crippen molar-refractivity contribution in [2.24, 2.45) is 11.8 Å². The summed E-state index contributed by atoms with van der Waals surface area (Å²) in [4.78, 5) is 36.1. The highest BCUT2D eigenvalue weighted by Gasteiger charge is 2.22. The van der Waals surface area contributed by atoms with E-state index in [1.807, 2.05) is 27.7 Å². The smallest absolute Gasteiger partial charge is 0.307 e. The number of nitrogens with two attached hydrogens (primary N) is 1. The number of carbonyl (C=O) groups excluding carboxylic acids is 2. The average Bonchev–Trinajstić information content (AvgIpc) is 3.23. The summed E-state index contributed by atoms with van der Waals surface area (Å²) in [7, 11) is 0. The van der Waals surface area contributed by atoms with Crippen LogP contribution in [-0.4, -0.2) is 58.0 Å². The molecule has 0 saturated heterocycles. The van der Waals surface area contributed by atoms with Crippen molar-refractivity contribution in [3.63, 3.8) is 0 Å². The molecule has 12 nitrogen and oxygen atoms in total. The van der Waals surface area contributed by atoms with Gasteiger partial charge in [0, 0.05) is 19.4 Å². The molecule has 2 aromatic heterocycles. The zero-order valence-corrected chi connectivity index (χ0v) is 23.0. The molecule has 0 atom stereocenters. The van der Waals surface area contributed by atoms with Crippen LogP contribution >= 0.6 is 6.49 Å². The van der Waals surface area contributed by atoms with Crippen LogP contribution in [-0.2, 0) is 51.2 Å². The van der Waals surface area contributed by atoms with Crippen molar-refractivity contribution < 1.29 is 32.8 Å². The second-order valence-electron chi connectivity index (χ2n) is 8.91. The van der Waals surface area contributed by atoms with Crippen LogP contribution < -0.4 is 5.73 Å². The molecule has 36 heavy (non-hydrogen) atoms. The first kappa shape index (κ1) is 30.0. The van der Waals surface area contributed by atoms with Crippen LogP contribution in [0.1, 0.15) is 53.4 Å². The third-order valence-electron chi connectivity index (χ3n) is 4.95. The van der Waals surface area contributed by atoms with E-state index in [2.05, 4.69) is 15.0 Å². The Bertz CT molecular complexity index is 999. The van der Waals surface area contributed by atoms with E-state index in [4.69, 9.17) is 40.8 Å². The molecule has 0 aliphatic heterocycles. The molecular weight excluding hydrogens is 509 g/mol. The molecule has 0 aliphatic carbocycles. The number of rotatable bonds is 17. The molecule has 0 unspecified atom stereocenters. The Morgan fingerprint density at radius 2 is 1.58 bits per heavy atom. The quantitative estimate of drug-likeness (QED) is 0.134. The van der Waals surface area contributed by atoms with Crippen LogP contribution in [0.2, 0.25) is 0 Å². The van der Waals surface area contributed by atoms with Gasteiger partial charge < -0.3 is 24.5 Å². The number of anilines is 1. The Morgan fingerprint density at radius 3 is 2.14 bits per heavy atom. The lowest BCUT2D eigenvalue weighted by Gasteiger charge is -2.22. The highest BCUT2D eigenvalue weighted by molar-refractivity contribution is 8.09. The van der Waals surface area contributed by atoms with Crippen molar-refractivity contribution in [1.29, 1.82) is 0 Å². The molecule has 2 aromatic rings. The first-order chi connectivity index (χ1) is 17.1. The van der Waals surface area contributed by atoms with Gasteiger partial charge in [-0.05, 0) is 36.5 Å². The number of fused-ring (bicyclic) bond motifs is 1. The second-order valence-corrected chi connectivity index (χ2v) is 12.6. The van der Waals surface area contributed by atoms with Gasteiger partial charge in [-0.1, -0.05) is 27.7 Å². The van der Waals surface area contributed by atoms with E-state index < -0.39 is 6.49 Å². The third kappa shape index (κ3) is 10.8. The lowest BCUT2D eigenvalue weighted by molar-refractivity contribution is -0.152. The van der Waals surface area contributed by atoms with Gasteiger partial charge in [0.2, 0.25) is 6.49 Å². The molecule has 202 valence electrons. The van der Waals surface area contributed by atoms with Gasteiger partial charge in [-0.3, -0.25) is 18.6 Å². The van der Waals surface area contributed by atoms with Gasteiger partial charge >= 0.3 is 11.9 Å². The van der Waals surface area contributed by atoms with Crippen molar-refractivity contribution in [2.45, 2.75) is 59.9 Å². The molecule has 0 saturated carbocycles. The number of ether oxygens (including phenoxy) is 3. The lowest BCUT2D eigenvalue weighted by Crippen LogP contribution is -2.14. The van der Waals surface area contributed by atoms with Crippen molar-refractivity contribution in [3.8, 4) is 0 Å². The maximum Gasteiger partial charge on any atom is 0.307 e. The fraction of sp³-hybridized carbons (Fsp3) is 0.682. The zero-order valence-electron chi connectivity index (χ0n) is 21.3. The number of carbonyl (C=O) groups is 2. The molecule has 0 fully saturated rings. The summed E-state index contributed by atoms with van der Waals surface area (Å²) in [5.41, 5.74) is 6.90. The molecule has 2 N–H and O–H groups in total. The number of aromatic nitrogens is 4. The maximum atomic E-state index is 11.9. The highest BCUT2D eigenvalue weighted by Crippen LogP contribution is 2.48. The molecule has 0 radical (unpaired) electrons. The predicted molar refractivity (Wildman–Crippen MR) is 137 cm³/mol. The number of nitrogen functional groups attached to an aromatic ring is 1. The van der Waals surface area contributed by atoms with Gasteiger partial charge in [0.05, 0.1) is 12.9 Å². The van der Waals surface area contributed by atoms with Crippen LogP contribution in [0.3, 0.4) is 0 Å². The normalized spacial score (nSPS) is 11.9. The van der Waals surface area contributed by atoms with Crippen molar-refractivity contribution in [3.05, 3.63) is 12.7 Å². The molecule has 14 heteroatoms. The van der Waals surface area contributed by atoms with Gasteiger partial charge in [-0.15, -0.1) is 0 Å². The molecule has 0 aromatic carbocycles. The van der Waals surface area contributed by atoms with Crippen LogP contribution in [0.5, 0.6) is 0 Å². The van der Waals surface area contributed by atoms with Crippen LogP contribution in [0.15, 0.2) is 12.7 Å². The van der Waals surface area contributed by atoms with E-state index in [-0.39, 0.29) is 51.3 Å². The number of esters is 2. The van der Waals surface area contributed by atoms with Crippen molar-refractivity contribution >= 4 is 47.2 Å². The van der Waals surface area contributed by atoms with Gasteiger partial charge in [0.25, 0.3) is 0 Å². The molecule has 0 bridgehead atoms. The third-order valence-corrected chi connectivity index (χ3v) is 7.39. The standard InChI is InChI=1S/C22H36N5O7PS/c1-16(2)5-7-18(28)31-13-33-35(36,34-14-32-19(29)8-6-17(3)4)15-30-10-9-27-12-26-20-21(23)24-11-25-22(20)27/h11-12,16-17H,5-10,13-15H2,1-4H3,(H2,23,24,25). The second kappa shape index (κ2) is 15.2. The largest absolute Gasteiger partial charge is 0.438 e. The summed E-state index contributed by atoms with van der Waals surface area (Å²) in [6, 6.07) is 0. The summed E-state index contributed by atoms with van der Waals surface area (Å²) in [6.45, 7) is 4.90. The highest BCUT2D eigenvalue weighted by atomic mass is 32.5. The molecular formula is C22H36N5O7PS. The van der Waals surface area contributed by atoms with Gasteiger partial charge in [-0.2, -0.15) is 0 Å². The van der Waals surface area contributed by atoms with Crippen LogP contribution in [0.25, 0.3) is 11.2 Å². The number of imidazole rings is 1. The van der Waals surface area contributed by atoms with Crippen LogP contribution in [0, 0.1) is 11.8 Å². The zero-order chi connectivity index (χ0) is 26.6. The minimum Gasteiger partial charge on any atom is -0.438 e. The molecule has 0 spiro atoms. The predicted octanol–water partition coefficient (Wildman–Crippen LogP) is 3.60. The monoisotopic (exact) mass is 545 g/mol. The minimum atomic E-state index is -3.08. The van der Waals surface area contributed by atoms with E-state index in [0.29, 0.717) is 48.2 Å². The van der Waals surface area contributed by atoms with Crippen LogP contribution in [0.4, 0.5) is 5.82 Å². The van der Waals surface area contributed by atoms with Gasteiger partial charge in [0.15, 0.2) is 25.1 Å². The minimum absolute atomic E-state index is 0.0842. The van der Waals surface area contributed by atoms with E-state index >= 15 is 0 Å². The fourth-order valence-electron chi connectivity index (χ4n) is 2.82. The topological polar surface area (TPSA) is 150 Å². The Kier molecular flexibility index (Phi) is 12.7. The van der Waals surface area contributed by atoms with E-state index in [0.717, 1.165) is 0 Å². The number of hydrogen-bond donors (Lipinski definition) is 1. The summed E-state index contributed by atoms with van der Waals surface area (Å²) < 4.78 is 28.9. The average molecular weight is 546 g/mol. The summed E-state index contributed by atoms with van der Waals surface area (Å²) in [5, 5.41) is 0. The SMILES string of the molecule is CC(C)CCC(=O)OCOP(=S)(COCCn1cnc2c(N)ncnc21)OCOC(=O)CCC(C)C. The molecule has 2 heterocycles. The van der Waals surface area contributed by atoms with Crippen molar-refractivity contribution in [1.82, 2.24) is 19.5 Å². The Labute approximate surface area is 216 Å². The Morgan fingerprint density at radius 1 is 1.00 bits per heavy atom. The van der Waals surface area contributed by atoms with Crippen molar-refractivity contribution in [2.75, 3.05) is 32.3 Å². The van der Waals surface area contributed by atoms with E-state index in [9.17, 15) is 9.59 Å². The van der Waals surface area contributed by atoms with Gasteiger partial charge in [0.1, 0.15) is 18.2 Å². The maximum absolute atomic E-state index is 11.9. The lowest BCUT2D eigenvalue weighted by atomic mass is 10.1. The summed E-state index contributed by atoms with van der Waals surface area (Å²) >= 11 is 5.53. The first-order valence-electron chi connectivity index (χ1n) is 11.8. The van der Waals surface area contributed by atoms with Gasteiger partial charge in [-0.25, -0.2) is 15.0 Å². The molecule has 2 rings (SSSR count). The van der Waals surface area contributed by atoms with E-state index in [1.165, 1.54) is 6.33 Å². The fourth-order valence-corrected chi connectivity index (χ4v) is 4.30. The van der Waals surface area contributed by atoms with E-state index in [1.54, 1.807) is 10.9 Å². The molecule has 0 aliphatic rings. The Hall–Kier alpha value is -2.18. The number of hydrogen-bond acceptors (Lipinski definition) is 12. The first-order valence-corrected chi connectivity index (χ1v) is 14.6. The number of nitrogens with zero attached hydrogens (tertiary/aromatic N) is 4. The Balaban J connectivity index is 1.87. The molecule has 0 amide bonds. The summed E-state index contributed by atoms with van der Waals surface area (Å²) in [6.07, 6.45) is 4.85.